The van der Waals surface area contributed by atoms with Gasteiger partial charge in [-0.3, -0.25) is 19.3 Å². The van der Waals surface area contributed by atoms with Crippen LogP contribution in [0.3, 0.4) is 0 Å². The lowest BCUT2D eigenvalue weighted by molar-refractivity contribution is -0.141. The minimum absolute atomic E-state index is 0.00308. The Morgan fingerprint density at radius 3 is 2.41 bits per heavy atom. The highest BCUT2D eigenvalue weighted by Crippen LogP contribution is 2.33. The maximum atomic E-state index is 13.5. The first-order valence-electron chi connectivity index (χ1n) is 12.8. The van der Waals surface area contributed by atoms with Gasteiger partial charge < -0.3 is 5.32 Å². The van der Waals surface area contributed by atoms with Crippen LogP contribution >= 0.6 is 11.3 Å². The van der Waals surface area contributed by atoms with E-state index >= 15 is 0 Å². The monoisotopic (exact) mass is 562 g/mol. The number of para-hydroxylation sites is 1. The van der Waals surface area contributed by atoms with Crippen molar-refractivity contribution in [3.8, 4) is 5.69 Å². The second-order valence-electron chi connectivity index (χ2n) is 9.35. The highest BCUT2D eigenvalue weighted by Gasteiger charge is 2.39. The molecule has 2 heterocycles. The van der Waals surface area contributed by atoms with Crippen LogP contribution in [0, 0.1) is 11.8 Å². The van der Waals surface area contributed by atoms with Gasteiger partial charge in [0.15, 0.2) is 5.69 Å². The highest BCUT2D eigenvalue weighted by atomic mass is 32.1. The molecule has 1 N–H and O–H groups in total. The zero-order valence-electron chi connectivity index (χ0n) is 21.4. The minimum atomic E-state index is -4.80. The number of anilines is 1. The van der Waals surface area contributed by atoms with Gasteiger partial charge in [-0.15, -0.1) is 10.2 Å². The third-order valence-electron chi connectivity index (χ3n) is 6.83. The Hall–Kier alpha value is -3.61. The van der Waals surface area contributed by atoms with Crippen molar-refractivity contribution in [3.63, 3.8) is 0 Å². The maximum absolute atomic E-state index is 13.5. The lowest BCUT2D eigenvalue weighted by Crippen LogP contribution is -2.38. The SMILES string of the molecule is CCN(C(=O)C1CCC(C(=O)CCCNC(=O)c2cn(-c3ccccc3)nc2C(F)(F)F)CC1)c1nncs1. The molecule has 13 heteroatoms. The summed E-state index contributed by atoms with van der Waals surface area (Å²) in [5, 5.41) is 14.4. The first kappa shape index (κ1) is 28.4. The van der Waals surface area contributed by atoms with Crippen LogP contribution in [0.25, 0.3) is 5.69 Å². The summed E-state index contributed by atoms with van der Waals surface area (Å²) in [4.78, 5) is 39.9. The Morgan fingerprint density at radius 1 is 1.10 bits per heavy atom. The Morgan fingerprint density at radius 2 is 1.79 bits per heavy atom. The summed E-state index contributed by atoms with van der Waals surface area (Å²) >= 11 is 1.31. The number of halogens is 3. The van der Waals surface area contributed by atoms with Gasteiger partial charge >= 0.3 is 6.18 Å². The van der Waals surface area contributed by atoms with Gasteiger partial charge in [-0.1, -0.05) is 29.5 Å². The molecule has 2 aromatic heterocycles. The molecule has 2 amide bonds. The second-order valence-corrected chi connectivity index (χ2v) is 10.2. The molecule has 1 aliphatic rings. The number of hydrogen-bond acceptors (Lipinski definition) is 7. The van der Waals surface area contributed by atoms with Crippen LogP contribution < -0.4 is 10.2 Å². The zero-order chi connectivity index (χ0) is 28.0. The number of Topliss-reactive ketones (excluding diaryl/α,β-unsaturated/α-hetero) is 1. The quantitative estimate of drug-likeness (QED) is 0.360. The normalized spacial score (nSPS) is 17.5. The van der Waals surface area contributed by atoms with E-state index in [1.165, 1.54) is 11.3 Å². The second kappa shape index (κ2) is 12.5. The number of ketones is 1. The molecule has 0 aliphatic heterocycles. The molecular weight excluding hydrogens is 533 g/mol. The molecule has 0 spiro atoms. The summed E-state index contributed by atoms with van der Waals surface area (Å²) in [6.45, 7) is 2.43. The van der Waals surface area contributed by atoms with E-state index in [9.17, 15) is 27.6 Å². The average Bonchev–Trinajstić information content (AvgIpc) is 3.63. The first-order valence-corrected chi connectivity index (χ1v) is 13.7. The molecule has 4 rings (SSSR count). The van der Waals surface area contributed by atoms with Gasteiger partial charge in [0.25, 0.3) is 5.91 Å². The summed E-state index contributed by atoms with van der Waals surface area (Å²) in [7, 11) is 0. The van der Waals surface area contributed by atoms with Crippen molar-refractivity contribution in [2.24, 2.45) is 11.8 Å². The molecular formula is C26H29F3N6O3S. The Labute approximate surface area is 227 Å². The van der Waals surface area contributed by atoms with Gasteiger partial charge in [-0.25, -0.2) is 4.68 Å². The van der Waals surface area contributed by atoms with E-state index in [2.05, 4.69) is 20.6 Å². The van der Waals surface area contributed by atoms with E-state index in [1.54, 1.807) is 40.7 Å². The van der Waals surface area contributed by atoms with E-state index < -0.39 is 23.3 Å². The molecule has 39 heavy (non-hydrogen) atoms. The zero-order valence-corrected chi connectivity index (χ0v) is 22.2. The van der Waals surface area contributed by atoms with Gasteiger partial charge in [-0.05, 0) is 51.2 Å². The lowest BCUT2D eigenvalue weighted by atomic mass is 9.78. The number of aromatic nitrogens is 4. The Bertz CT molecular complexity index is 1270. The van der Waals surface area contributed by atoms with E-state index in [4.69, 9.17) is 0 Å². The van der Waals surface area contributed by atoms with E-state index in [-0.39, 0.29) is 36.5 Å². The van der Waals surface area contributed by atoms with Crippen molar-refractivity contribution >= 4 is 34.1 Å². The van der Waals surface area contributed by atoms with Crippen molar-refractivity contribution < 1.29 is 27.6 Å². The Balaban J connectivity index is 1.25. The summed E-state index contributed by atoms with van der Waals surface area (Å²) in [5.74, 6) is -1.19. The fourth-order valence-corrected chi connectivity index (χ4v) is 5.41. The van der Waals surface area contributed by atoms with Crippen LogP contribution in [0.15, 0.2) is 42.0 Å². The summed E-state index contributed by atoms with van der Waals surface area (Å²) < 4.78 is 41.6. The van der Waals surface area contributed by atoms with Crippen LogP contribution in [0.5, 0.6) is 0 Å². The summed E-state index contributed by atoms with van der Waals surface area (Å²) in [6.07, 6.45) is -0.827. The number of amides is 2. The lowest BCUT2D eigenvalue weighted by Gasteiger charge is -2.30. The van der Waals surface area contributed by atoms with Gasteiger partial charge in [-0.2, -0.15) is 18.3 Å². The molecule has 0 bridgehead atoms. The largest absolute Gasteiger partial charge is 0.435 e. The number of hydrogen-bond donors (Lipinski definition) is 1. The van der Waals surface area contributed by atoms with E-state index in [0.717, 1.165) is 10.9 Å². The fraction of sp³-hybridized carbons (Fsp3) is 0.462. The molecule has 1 saturated carbocycles. The van der Waals surface area contributed by atoms with Crippen LogP contribution in [-0.2, 0) is 15.8 Å². The molecule has 1 fully saturated rings. The number of rotatable bonds is 10. The number of benzene rings is 1. The maximum Gasteiger partial charge on any atom is 0.435 e. The first-order chi connectivity index (χ1) is 18.7. The number of nitrogens with zero attached hydrogens (tertiary/aromatic N) is 5. The molecule has 3 aromatic rings. The van der Waals surface area contributed by atoms with Crippen LogP contribution in [0.1, 0.15) is 61.5 Å². The predicted octanol–water partition coefficient (Wildman–Crippen LogP) is 4.68. The van der Waals surface area contributed by atoms with Crippen molar-refractivity contribution in [3.05, 3.63) is 53.3 Å². The molecule has 0 radical (unpaired) electrons. The Kier molecular flexibility index (Phi) is 9.10. The van der Waals surface area contributed by atoms with Gasteiger partial charge in [0.05, 0.1) is 11.3 Å². The van der Waals surface area contributed by atoms with Crippen LogP contribution in [0.2, 0.25) is 0 Å². The number of carbonyl (C=O) groups is 3. The summed E-state index contributed by atoms with van der Waals surface area (Å²) in [6, 6.07) is 8.21. The molecule has 1 aromatic carbocycles. The minimum Gasteiger partial charge on any atom is -0.352 e. The third-order valence-corrected chi connectivity index (χ3v) is 7.54. The van der Waals surface area contributed by atoms with E-state index in [1.807, 2.05) is 6.92 Å². The van der Waals surface area contributed by atoms with Crippen molar-refractivity contribution in [2.75, 3.05) is 18.0 Å². The predicted molar refractivity (Wildman–Crippen MR) is 139 cm³/mol. The van der Waals surface area contributed by atoms with E-state index in [0.29, 0.717) is 49.5 Å². The van der Waals surface area contributed by atoms with Gasteiger partial charge in [0.1, 0.15) is 11.3 Å². The number of alkyl halides is 3. The topological polar surface area (TPSA) is 110 Å². The molecule has 208 valence electrons. The van der Waals surface area contributed by atoms with Crippen molar-refractivity contribution in [1.82, 2.24) is 25.3 Å². The standard InChI is InChI=1S/C26H29F3N6O3S/c1-2-34(25-32-31-16-39-25)24(38)18-12-10-17(11-13-18)21(36)9-6-14-30-23(37)20-15-35(19-7-4-3-5-8-19)33-22(20)26(27,28)29/h3-5,7-8,15-18H,2,6,9-14H2,1H3,(H,30,37). The third kappa shape index (κ3) is 6.88. The van der Waals surface area contributed by atoms with Crippen molar-refractivity contribution in [2.45, 2.75) is 51.6 Å². The molecule has 0 saturated heterocycles. The van der Waals surface area contributed by atoms with Crippen LogP contribution in [-0.4, -0.2) is 50.7 Å². The molecule has 0 atom stereocenters. The fourth-order valence-electron chi connectivity index (χ4n) is 4.78. The smallest absolute Gasteiger partial charge is 0.352 e. The molecule has 1 aliphatic carbocycles. The van der Waals surface area contributed by atoms with Crippen LogP contribution in [0.4, 0.5) is 18.3 Å². The highest BCUT2D eigenvalue weighted by molar-refractivity contribution is 7.13. The van der Waals surface area contributed by atoms with Gasteiger partial charge in [0, 0.05) is 37.5 Å². The van der Waals surface area contributed by atoms with Crippen molar-refractivity contribution in [1.29, 1.82) is 0 Å². The average molecular weight is 563 g/mol. The molecule has 0 unspecified atom stereocenters. The summed E-state index contributed by atoms with van der Waals surface area (Å²) in [5.41, 5.74) is 0.136. The number of carbonyl (C=O) groups excluding carboxylic acids is 3. The number of nitrogens with one attached hydrogen (secondary N) is 1. The van der Waals surface area contributed by atoms with Gasteiger partial charge in [0.2, 0.25) is 11.0 Å². The molecule has 9 nitrogen and oxygen atoms in total.